The summed E-state index contributed by atoms with van der Waals surface area (Å²) in [5.41, 5.74) is 1.27. The molecule has 0 unspecified atom stereocenters. The molecular formula is C19H18O4. The van der Waals surface area contributed by atoms with E-state index in [4.69, 9.17) is 4.42 Å². The molecule has 118 valence electrons. The van der Waals surface area contributed by atoms with E-state index in [2.05, 4.69) is 0 Å². The predicted molar refractivity (Wildman–Crippen MR) is 88.6 cm³/mol. The number of rotatable bonds is 5. The Labute approximate surface area is 133 Å². The van der Waals surface area contributed by atoms with Crippen LogP contribution in [0.4, 0.5) is 0 Å². The molecule has 0 bridgehead atoms. The highest BCUT2D eigenvalue weighted by molar-refractivity contribution is 5.93. The number of allylic oxidation sites excluding steroid dienone is 4. The fraction of sp³-hybridized carbons (Fsp3) is 0.263. The zero-order valence-electron chi connectivity index (χ0n) is 12.7. The predicted octanol–water partition coefficient (Wildman–Crippen LogP) is 3.67. The standard InChI is InChI=1S/C19H18O4/c20-14-8-5-7-13(12-14)6-1-2-10-16-18(21)15-9-3-4-11-17(15)23-19(16)22/h3-5,7,9,11-12,21H,1-2,6,8,10H2. The number of ketones is 1. The summed E-state index contributed by atoms with van der Waals surface area (Å²) in [5.74, 6) is 0.152. The molecule has 1 N–H and O–H groups in total. The topological polar surface area (TPSA) is 67.5 Å². The van der Waals surface area contributed by atoms with Gasteiger partial charge in [-0.1, -0.05) is 24.3 Å². The van der Waals surface area contributed by atoms with Crippen LogP contribution in [-0.2, 0) is 11.2 Å². The zero-order chi connectivity index (χ0) is 16.2. The molecule has 1 aromatic carbocycles. The third-order valence-corrected chi connectivity index (χ3v) is 4.02. The molecule has 4 nitrogen and oxygen atoms in total. The molecule has 1 heterocycles. The summed E-state index contributed by atoms with van der Waals surface area (Å²) >= 11 is 0. The van der Waals surface area contributed by atoms with E-state index in [1.165, 1.54) is 0 Å². The maximum atomic E-state index is 12.0. The van der Waals surface area contributed by atoms with Crippen LogP contribution in [0.2, 0.25) is 0 Å². The molecule has 0 fully saturated rings. The van der Waals surface area contributed by atoms with Crippen molar-refractivity contribution in [2.45, 2.75) is 32.1 Å². The van der Waals surface area contributed by atoms with Gasteiger partial charge in [-0.15, -0.1) is 0 Å². The Morgan fingerprint density at radius 2 is 1.87 bits per heavy atom. The van der Waals surface area contributed by atoms with Gasteiger partial charge in [-0.3, -0.25) is 4.79 Å². The van der Waals surface area contributed by atoms with Gasteiger partial charge in [-0.05, 0) is 49.5 Å². The maximum absolute atomic E-state index is 12.0. The minimum absolute atomic E-state index is 0.0174. The van der Waals surface area contributed by atoms with E-state index in [0.29, 0.717) is 29.4 Å². The Kier molecular flexibility index (Phi) is 4.42. The van der Waals surface area contributed by atoms with Gasteiger partial charge >= 0.3 is 5.63 Å². The maximum Gasteiger partial charge on any atom is 0.343 e. The monoisotopic (exact) mass is 310 g/mol. The van der Waals surface area contributed by atoms with Gasteiger partial charge in [0.05, 0.1) is 10.9 Å². The third-order valence-electron chi connectivity index (χ3n) is 4.02. The van der Waals surface area contributed by atoms with E-state index in [0.717, 1.165) is 24.8 Å². The van der Waals surface area contributed by atoms with Crippen molar-refractivity contribution in [1.82, 2.24) is 0 Å². The van der Waals surface area contributed by atoms with Crippen molar-refractivity contribution in [1.29, 1.82) is 0 Å². The highest BCUT2D eigenvalue weighted by Gasteiger charge is 2.13. The quantitative estimate of drug-likeness (QED) is 0.676. The van der Waals surface area contributed by atoms with Gasteiger partial charge < -0.3 is 9.52 Å². The van der Waals surface area contributed by atoms with Crippen LogP contribution < -0.4 is 5.63 Å². The van der Waals surface area contributed by atoms with E-state index < -0.39 is 5.63 Å². The third kappa shape index (κ3) is 3.42. The highest BCUT2D eigenvalue weighted by atomic mass is 16.4. The largest absolute Gasteiger partial charge is 0.507 e. The number of carbonyl (C=O) groups excluding carboxylic acids is 1. The summed E-state index contributed by atoms with van der Waals surface area (Å²) in [7, 11) is 0. The Morgan fingerprint density at radius 1 is 1.09 bits per heavy atom. The molecule has 0 spiro atoms. The first-order chi connectivity index (χ1) is 11.1. The number of aromatic hydroxyl groups is 1. The average Bonchev–Trinajstić information content (AvgIpc) is 2.54. The minimum atomic E-state index is -0.479. The summed E-state index contributed by atoms with van der Waals surface area (Å²) in [6.45, 7) is 0. The molecule has 4 heteroatoms. The van der Waals surface area contributed by atoms with E-state index in [-0.39, 0.29) is 11.5 Å². The molecule has 3 rings (SSSR count). The van der Waals surface area contributed by atoms with Crippen molar-refractivity contribution >= 4 is 16.8 Å². The number of benzene rings is 1. The van der Waals surface area contributed by atoms with Crippen LogP contribution in [-0.4, -0.2) is 10.9 Å². The lowest BCUT2D eigenvalue weighted by molar-refractivity contribution is -0.113. The van der Waals surface area contributed by atoms with Crippen molar-refractivity contribution in [2.24, 2.45) is 0 Å². The Bertz CT molecular complexity index is 855. The Morgan fingerprint density at radius 3 is 2.70 bits per heavy atom. The first-order valence-corrected chi connectivity index (χ1v) is 7.79. The van der Waals surface area contributed by atoms with Crippen LogP contribution in [0.1, 0.15) is 31.2 Å². The smallest absolute Gasteiger partial charge is 0.343 e. The molecule has 0 amide bonds. The van der Waals surface area contributed by atoms with Crippen molar-refractivity contribution < 1.29 is 14.3 Å². The van der Waals surface area contributed by atoms with E-state index >= 15 is 0 Å². The second-order valence-corrected chi connectivity index (χ2v) is 5.71. The molecule has 1 aliphatic carbocycles. The van der Waals surface area contributed by atoms with Crippen LogP contribution in [0.5, 0.6) is 5.75 Å². The summed E-state index contributed by atoms with van der Waals surface area (Å²) in [4.78, 5) is 23.3. The van der Waals surface area contributed by atoms with Gasteiger partial charge in [0.25, 0.3) is 0 Å². The average molecular weight is 310 g/mol. The van der Waals surface area contributed by atoms with Crippen LogP contribution in [0.25, 0.3) is 11.0 Å². The number of fused-ring (bicyclic) bond motifs is 1. The van der Waals surface area contributed by atoms with Gasteiger partial charge in [0.2, 0.25) is 0 Å². The first kappa shape index (κ1) is 15.3. The van der Waals surface area contributed by atoms with Crippen LogP contribution >= 0.6 is 0 Å². The summed E-state index contributed by atoms with van der Waals surface area (Å²) in [5, 5.41) is 10.8. The fourth-order valence-corrected chi connectivity index (χ4v) is 2.82. The minimum Gasteiger partial charge on any atom is -0.507 e. The molecule has 0 radical (unpaired) electrons. The van der Waals surface area contributed by atoms with Gasteiger partial charge in [-0.2, -0.15) is 0 Å². The van der Waals surface area contributed by atoms with Crippen molar-refractivity contribution in [3.8, 4) is 5.75 Å². The number of unbranched alkanes of at least 4 members (excludes halogenated alkanes) is 1. The van der Waals surface area contributed by atoms with Crippen molar-refractivity contribution in [3.63, 3.8) is 0 Å². The molecule has 23 heavy (non-hydrogen) atoms. The lowest BCUT2D eigenvalue weighted by Gasteiger charge is -2.08. The molecule has 0 atom stereocenters. The number of carbonyl (C=O) groups is 1. The van der Waals surface area contributed by atoms with Crippen LogP contribution in [0.3, 0.4) is 0 Å². The number of para-hydroxylation sites is 1. The van der Waals surface area contributed by atoms with Gasteiger partial charge in [0.1, 0.15) is 11.3 Å². The summed E-state index contributed by atoms with van der Waals surface area (Å²) < 4.78 is 5.25. The van der Waals surface area contributed by atoms with Crippen molar-refractivity contribution in [2.75, 3.05) is 0 Å². The summed E-state index contributed by atoms with van der Waals surface area (Å²) in [6, 6.07) is 6.96. The van der Waals surface area contributed by atoms with E-state index in [9.17, 15) is 14.7 Å². The van der Waals surface area contributed by atoms with Gasteiger partial charge in [0, 0.05) is 6.42 Å². The lowest BCUT2D eigenvalue weighted by atomic mass is 9.99. The number of hydrogen-bond acceptors (Lipinski definition) is 4. The van der Waals surface area contributed by atoms with Crippen LogP contribution in [0.15, 0.2) is 57.3 Å². The fourth-order valence-electron chi connectivity index (χ4n) is 2.82. The molecule has 2 aromatic rings. The summed E-state index contributed by atoms with van der Waals surface area (Å²) in [6.07, 6.45) is 8.86. The lowest BCUT2D eigenvalue weighted by Crippen LogP contribution is -2.08. The first-order valence-electron chi connectivity index (χ1n) is 7.79. The SMILES string of the molecule is O=C1C=C(CCCCc2c(O)c3ccccc3oc2=O)C=CC1. The normalized spacial score (nSPS) is 14.3. The Hall–Kier alpha value is -2.62. The van der Waals surface area contributed by atoms with Crippen molar-refractivity contribution in [3.05, 3.63) is 64.1 Å². The molecule has 0 saturated heterocycles. The molecule has 1 aliphatic rings. The Balaban J connectivity index is 1.67. The van der Waals surface area contributed by atoms with Gasteiger partial charge in [-0.25, -0.2) is 4.79 Å². The molecule has 0 aliphatic heterocycles. The highest BCUT2D eigenvalue weighted by Crippen LogP contribution is 2.27. The van der Waals surface area contributed by atoms with E-state index in [1.54, 1.807) is 30.3 Å². The molecule has 0 saturated carbocycles. The van der Waals surface area contributed by atoms with Crippen LogP contribution in [0, 0.1) is 0 Å². The second kappa shape index (κ2) is 6.65. The van der Waals surface area contributed by atoms with Gasteiger partial charge in [0.15, 0.2) is 5.78 Å². The second-order valence-electron chi connectivity index (χ2n) is 5.71. The molecule has 1 aromatic heterocycles. The zero-order valence-corrected chi connectivity index (χ0v) is 12.7. The van der Waals surface area contributed by atoms with E-state index in [1.807, 2.05) is 12.2 Å². The molecular weight excluding hydrogens is 292 g/mol. The number of hydrogen-bond donors (Lipinski definition) is 1.